The van der Waals surface area contributed by atoms with Gasteiger partial charge in [0.25, 0.3) is 0 Å². The summed E-state index contributed by atoms with van der Waals surface area (Å²) in [5.74, 6) is 0.667. The number of nitriles is 1. The summed E-state index contributed by atoms with van der Waals surface area (Å²) in [5.41, 5.74) is 1.98. The highest BCUT2D eigenvalue weighted by atomic mass is 16.5. The Morgan fingerprint density at radius 2 is 2.14 bits per heavy atom. The van der Waals surface area contributed by atoms with Crippen molar-refractivity contribution in [1.82, 2.24) is 9.55 Å². The van der Waals surface area contributed by atoms with Crippen molar-refractivity contribution < 1.29 is 4.74 Å². The van der Waals surface area contributed by atoms with Gasteiger partial charge in [-0.25, -0.2) is 4.79 Å². The van der Waals surface area contributed by atoms with Gasteiger partial charge in [0.15, 0.2) is 0 Å². The number of hydrogen-bond acceptors (Lipinski definition) is 4. The maximum absolute atomic E-state index is 11.8. The molecule has 2 rings (SSSR count). The molecule has 5 heteroatoms. The fourth-order valence-electron chi connectivity index (χ4n) is 2.11. The van der Waals surface area contributed by atoms with Crippen molar-refractivity contribution >= 4 is 0 Å². The summed E-state index contributed by atoms with van der Waals surface area (Å²) in [7, 11) is 0. The van der Waals surface area contributed by atoms with Gasteiger partial charge in [0.05, 0.1) is 18.2 Å². The van der Waals surface area contributed by atoms with Crippen molar-refractivity contribution in [2.24, 2.45) is 0 Å². The average molecular weight is 283 g/mol. The number of hydrogen-bond donors (Lipinski definition) is 0. The van der Waals surface area contributed by atoms with Crippen LogP contribution >= 0.6 is 0 Å². The maximum atomic E-state index is 11.8. The van der Waals surface area contributed by atoms with Crippen LogP contribution < -0.4 is 10.4 Å². The number of aryl methyl sites for hydroxylation is 2. The van der Waals surface area contributed by atoms with E-state index in [0.717, 1.165) is 11.4 Å². The Hall–Kier alpha value is -2.61. The molecule has 0 fully saturated rings. The third-order valence-electron chi connectivity index (χ3n) is 3.10. The molecule has 1 aromatic heterocycles. The third kappa shape index (κ3) is 3.93. The highest BCUT2D eigenvalue weighted by Gasteiger charge is 2.03. The normalized spacial score (nSPS) is 10.1. The van der Waals surface area contributed by atoms with Crippen LogP contribution in [0.4, 0.5) is 0 Å². The van der Waals surface area contributed by atoms with E-state index in [-0.39, 0.29) is 5.69 Å². The van der Waals surface area contributed by atoms with Crippen LogP contribution in [0.2, 0.25) is 0 Å². The van der Waals surface area contributed by atoms with E-state index in [1.165, 1.54) is 0 Å². The minimum Gasteiger partial charge on any atom is -0.493 e. The minimum atomic E-state index is -0.223. The summed E-state index contributed by atoms with van der Waals surface area (Å²) in [6, 6.07) is 11.0. The number of ether oxygens (including phenoxy) is 1. The molecule has 108 valence electrons. The summed E-state index contributed by atoms with van der Waals surface area (Å²) >= 11 is 0. The van der Waals surface area contributed by atoms with Gasteiger partial charge in [0.1, 0.15) is 5.75 Å². The second-order valence-electron chi connectivity index (χ2n) is 4.81. The molecule has 0 aliphatic carbocycles. The van der Waals surface area contributed by atoms with Gasteiger partial charge in [-0.15, -0.1) is 0 Å². The molecule has 5 nitrogen and oxygen atoms in total. The first-order valence-electron chi connectivity index (χ1n) is 6.78. The van der Waals surface area contributed by atoms with E-state index in [4.69, 9.17) is 10.00 Å². The van der Waals surface area contributed by atoms with E-state index in [0.29, 0.717) is 30.9 Å². The monoisotopic (exact) mass is 283 g/mol. The lowest BCUT2D eigenvalue weighted by atomic mass is 10.2. The first kappa shape index (κ1) is 14.8. The lowest BCUT2D eigenvalue weighted by Gasteiger charge is -2.10. The van der Waals surface area contributed by atoms with E-state index in [2.05, 4.69) is 11.1 Å². The van der Waals surface area contributed by atoms with Gasteiger partial charge in [-0.3, -0.25) is 4.57 Å². The zero-order chi connectivity index (χ0) is 15.2. The fraction of sp³-hybridized carbons (Fsp3) is 0.312. The average Bonchev–Trinajstić information content (AvgIpc) is 2.45. The van der Waals surface area contributed by atoms with Crippen LogP contribution in [0.1, 0.15) is 23.4 Å². The van der Waals surface area contributed by atoms with Crippen LogP contribution in [0.25, 0.3) is 0 Å². The van der Waals surface area contributed by atoms with Gasteiger partial charge in [-0.1, -0.05) is 6.07 Å². The Labute approximate surface area is 123 Å². The molecule has 0 saturated heterocycles. The van der Waals surface area contributed by atoms with E-state index < -0.39 is 0 Å². The van der Waals surface area contributed by atoms with Crippen molar-refractivity contribution in [2.75, 3.05) is 6.61 Å². The second kappa shape index (κ2) is 6.71. The second-order valence-corrected chi connectivity index (χ2v) is 4.81. The Morgan fingerprint density at radius 3 is 2.86 bits per heavy atom. The Bertz CT molecular complexity index is 729. The molecule has 0 atom stereocenters. The van der Waals surface area contributed by atoms with Gasteiger partial charge in [0.2, 0.25) is 0 Å². The summed E-state index contributed by atoms with van der Waals surface area (Å²) in [6.45, 7) is 4.75. The molecule has 0 saturated carbocycles. The molecule has 0 spiro atoms. The zero-order valence-corrected chi connectivity index (χ0v) is 12.2. The van der Waals surface area contributed by atoms with E-state index in [1.54, 1.807) is 22.8 Å². The molecule has 2 aromatic rings. The highest BCUT2D eigenvalue weighted by Crippen LogP contribution is 2.12. The van der Waals surface area contributed by atoms with Crippen LogP contribution in [0.15, 0.2) is 35.1 Å². The topological polar surface area (TPSA) is 67.9 Å². The predicted molar refractivity (Wildman–Crippen MR) is 79.2 cm³/mol. The van der Waals surface area contributed by atoms with E-state index in [9.17, 15) is 4.79 Å². The van der Waals surface area contributed by atoms with Crippen LogP contribution in [-0.4, -0.2) is 16.2 Å². The lowest BCUT2D eigenvalue weighted by Crippen LogP contribution is -2.26. The molecule has 0 amide bonds. The van der Waals surface area contributed by atoms with Crippen molar-refractivity contribution in [3.8, 4) is 11.8 Å². The number of aromatic nitrogens is 2. The van der Waals surface area contributed by atoms with Gasteiger partial charge < -0.3 is 4.74 Å². The molecule has 1 heterocycles. The first-order valence-corrected chi connectivity index (χ1v) is 6.78. The van der Waals surface area contributed by atoms with Crippen molar-refractivity contribution in [3.05, 3.63) is 57.8 Å². The van der Waals surface area contributed by atoms with Gasteiger partial charge in [-0.05, 0) is 44.5 Å². The molecule has 0 unspecified atom stereocenters. The van der Waals surface area contributed by atoms with Crippen LogP contribution in [0.3, 0.4) is 0 Å². The molecule has 0 bridgehead atoms. The van der Waals surface area contributed by atoms with Crippen molar-refractivity contribution in [3.63, 3.8) is 0 Å². The molecule has 0 aliphatic heterocycles. The zero-order valence-electron chi connectivity index (χ0n) is 12.2. The lowest BCUT2D eigenvalue weighted by molar-refractivity contribution is 0.300. The highest BCUT2D eigenvalue weighted by molar-refractivity contribution is 5.36. The van der Waals surface area contributed by atoms with Gasteiger partial charge >= 0.3 is 5.69 Å². The summed E-state index contributed by atoms with van der Waals surface area (Å²) < 4.78 is 7.23. The van der Waals surface area contributed by atoms with E-state index in [1.807, 2.05) is 26.0 Å². The molecule has 1 aromatic carbocycles. The molecule has 0 radical (unpaired) electrons. The molecule has 0 N–H and O–H groups in total. The van der Waals surface area contributed by atoms with E-state index >= 15 is 0 Å². The third-order valence-corrected chi connectivity index (χ3v) is 3.10. The van der Waals surface area contributed by atoms with Gasteiger partial charge in [-0.2, -0.15) is 10.2 Å². The molecule has 21 heavy (non-hydrogen) atoms. The smallest absolute Gasteiger partial charge is 0.347 e. The summed E-state index contributed by atoms with van der Waals surface area (Å²) in [5, 5.41) is 8.82. The number of nitrogens with zero attached hydrogens (tertiary/aromatic N) is 3. The van der Waals surface area contributed by atoms with Crippen molar-refractivity contribution in [1.29, 1.82) is 5.26 Å². The first-order chi connectivity index (χ1) is 10.1. The van der Waals surface area contributed by atoms with Crippen LogP contribution in [-0.2, 0) is 6.54 Å². The molecule has 0 aliphatic rings. The quantitative estimate of drug-likeness (QED) is 0.789. The Balaban J connectivity index is 1.91. The molecular formula is C16H17N3O2. The minimum absolute atomic E-state index is 0.223. The Kier molecular flexibility index (Phi) is 4.72. The van der Waals surface area contributed by atoms with Gasteiger partial charge in [0, 0.05) is 17.9 Å². The summed E-state index contributed by atoms with van der Waals surface area (Å²) in [4.78, 5) is 15.7. The largest absolute Gasteiger partial charge is 0.493 e. The van der Waals surface area contributed by atoms with Crippen LogP contribution in [0, 0.1) is 25.2 Å². The Morgan fingerprint density at radius 1 is 1.33 bits per heavy atom. The standard InChI is InChI=1S/C16H17N3O2/c1-12-9-13(2)19(16(20)18-12)7-4-8-21-15-6-3-5-14(10-15)11-17/h3,5-6,9-10H,4,7-8H2,1-2H3. The fourth-order valence-corrected chi connectivity index (χ4v) is 2.11. The summed E-state index contributed by atoms with van der Waals surface area (Å²) in [6.07, 6.45) is 0.697. The number of rotatable bonds is 5. The van der Waals surface area contributed by atoms with Crippen molar-refractivity contribution in [2.45, 2.75) is 26.8 Å². The maximum Gasteiger partial charge on any atom is 0.347 e. The number of benzene rings is 1. The SMILES string of the molecule is Cc1cc(C)n(CCCOc2cccc(C#N)c2)c(=O)n1. The predicted octanol–water partition coefficient (Wildman–Crippen LogP) is 2.20. The molecular weight excluding hydrogens is 266 g/mol. The van der Waals surface area contributed by atoms with Crippen LogP contribution in [0.5, 0.6) is 5.75 Å².